The van der Waals surface area contributed by atoms with Crippen molar-refractivity contribution in [1.82, 2.24) is 9.80 Å². The van der Waals surface area contributed by atoms with Gasteiger partial charge in [-0.15, -0.1) is 0 Å². The number of nitrogens with two attached hydrogens (primary N) is 1. The molecule has 0 aromatic rings. The van der Waals surface area contributed by atoms with Crippen molar-refractivity contribution >= 4 is 0 Å². The lowest BCUT2D eigenvalue weighted by Crippen LogP contribution is -2.65. The van der Waals surface area contributed by atoms with Crippen molar-refractivity contribution < 1.29 is 4.74 Å². The molecule has 3 aliphatic rings. The van der Waals surface area contributed by atoms with Gasteiger partial charge in [0, 0.05) is 43.9 Å². The zero-order valence-electron chi connectivity index (χ0n) is 11.6. The monoisotopic (exact) mass is 253 g/mol. The highest BCUT2D eigenvalue weighted by atomic mass is 16.5. The Labute approximate surface area is 110 Å². The predicted octanol–water partition coefficient (Wildman–Crippen LogP) is 0.661. The molecule has 4 heteroatoms. The minimum absolute atomic E-state index is 0.302. The van der Waals surface area contributed by atoms with Gasteiger partial charge in [-0.2, -0.15) is 0 Å². The average Bonchev–Trinajstić information content (AvgIpc) is 2.39. The molecule has 4 unspecified atom stereocenters. The van der Waals surface area contributed by atoms with E-state index in [1.165, 1.54) is 38.9 Å². The fraction of sp³-hybridized carbons (Fsp3) is 1.00. The normalized spacial score (nSPS) is 43.7. The second-order valence-electron chi connectivity index (χ2n) is 6.29. The van der Waals surface area contributed by atoms with Crippen LogP contribution >= 0.6 is 0 Å². The maximum atomic E-state index is 6.30. The summed E-state index contributed by atoms with van der Waals surface area (Å²) < 4.78 is 5.65. The van der Waals surface area contributed by atoms with Crippen LogP contribution < -0.4 is 5.73 Å². The molecular formula is C14H27N3O. The fourth-order valence-corrected chi connectivity index (χ4v) is 3.92. The Morgan fingerprint density at radius 2 is 2.06 bits per heavy atom. The molecule has 104 valence electrons. The molecule has 3 aliphatic heterocycles. The van der Waals surface area contributed by atoms with Gasteiger partial charge in [-0.05, 0) is 32.7 Å². The van der Waals surface area contributed by atoms with Crippen molar-refractivity contribution in [1.29, 1.82) is 0 Å². The first kappa shape index (κ1) is 12.9. The molecule has 0 amide bonds. The Morgan fingerprint density at radius 3 is 2.89 bits per heavy atom. The number of rotatable bonds is 1. The van der Waals surface area contributed by atoms with E-state index in [9.17, 15) is 0 Å². The Kier molecular flexibility index (Phi) is 3.89. The Hall–Kier alpha value is -0.160. The van der Waals surface area contributed by atoms with Gasteiger partial charge in [0.1, 0.15) is 0 Å². The van der Waals surface area contributed by atoms with Crippen LogP contribution in [0, 0.1) is 0 Å². The summed E-state index contributed by atoms with van der Waals surface area (Å²) in [6.45, 7) is 7.74. The molecular weight excluding hydrogens is 226 g/mol. The summed E-state index contributed by atoms with van der Waals surface area (Å²) >= 11 is 0. The van der Waals surface area contributed by atoms with Gasteiger partial charge >= 0.3 is 0 Å². The number of nitrogens with zero attached hydrogens (tertiary/aromatic N) is 2. The topological polar surface area (TPSA) is 41.7 Å². The summed E-state index contributed by atoms with van der Waals surface area (Å²) in [6.07, 6.45) is 5.17. The molecule has 3 heterocycles. The molecule has 4 atom stereocenters. The highest BCUT2D eigenvalue weighted by molar-refractivity contribution is 4.95. The smallest absolute Gasteiger partial charge is 0.0637 e. The van der Waals surface area contributed by atoms with E-state index in [-0.39, 0.29) is 0 Å². The van der Waals surface area contributed by atoms with E-state index in [4.69, 9.17) is 10.5 Å². The quantitative estimate of drug-likeness (QED) is 0.745. The van der Waals surface area contributed by atoms with Crippen LogP contribution in [0.5, 0.6) is 0 Å². The second kappa shape index (κ2) is 5.45. The maximum Gasteiger partial charge on any atom is 0.0637 e. The summed E-state index contributed by atoms with van der Waals surface area (Å²) in [5.74, 6) is 0. The summed E-state index contributed by atoms with van der Waals surface area (Å²) in [5, 5.41) is 0. The lowest BCUT2D eigenvalue weighted by molar-refractivity contribution is -0.0578. The van der Waals surface area contributed by atoms with E-state index in [1.807, 2.05) is 0 Å². The third-order valence-electron chi connectivity index (χ3n) is 5.04. The van der Waals surface area contributed by atoms with E-state index >= 15 is 0 Å². The van der Waals surface area contributed by atoms with Gasteiger partial charge in [0.05, 0.1) is 6.61 Å². The van der Waals surface area contributed by atoms with Crippen molar-refractivity contribution in [3.8, 4) is 0 Å². The molecule has 0 bridgehead atoms. The zero-order valence-corrected chi connectivity index (χ0v) is 11.6. The lowest BCUT2D eigenvalue weighted by Gasteiger charge is -2.51. The summed E-state index contributed by atoms with van der Waals surface area (Å²) in [5.41, 5.74) is 6.30. The summed E-state index contributed by atoms with van der Waals surface area (Å²) in [6, 6.07) is 2.13. The van der Waals surface area contributed by atoms with Gasteiger partial charge in [-0.1, -0.05) is 6.42 Å². The summed E-state index contributed by atoms with van der Waals surface area (Å²) in [7, 11) is 0. The third-order valence-corrected chi connectivity index (χ3v) is 5.04. The summed E-state index contributed by atoms with van der Waals surface area (Å²) in [4.78, 5) is 5.33. The third kappa shape index (κ3) is 2.44. The van der Waals surface area contributed by atoms with Gasteiger partial charge in [0.2, 0.25) is 0 Å². The molecule has 0 spiro atoms. The Balaban J connectivity index is 1.67. The van der Waals surface area contributed by atoms with Gasteiger partial charge in [-0.25, -0.2) is 0 Å². The lowest BCUT2D eigenvalue weighted by atomic mass is 9.93. The van der Waals surface area contributed by atoms with Crippen LogP contribution in [-0.2, 0) is 4.74 Å². The van der Waals surface area contributed by atoms with Gasteiger partial charge in [0.25, 0.3) is 0 Å². The van der Waals surface area contributed by atoms with E-state index in [0.717, 1.165) is 25.7 Å². The molecule has 0 aromatic heterocycles. The van der Waals surface area contributed by atoms with Crippen LogP contribution in [0.4, 0.5) is 0 Å². The maximum absolute atomic E-state index is 6.30. The number of hydrogen-bond acceptors (Lipinski definition) is 4. The van der Waals surface area contributed by atoms with Gasteiger partial charge in [0.15, 0.2) is 0 Å². The Morgan fingerprint density at radius 1 is 1.17 bits per heavy atom. The molecule has 0 saturated carbocycles. The first-order valence-corrected chi connectivity index (χ1v) is 7.59. The minimum atomic E-state index is 0.302. The van der Waals surface area contributed by atoms with Crippen LogP contribution in [0.3, 0.4) is 0 Å². The van der Waals surface area contributed by atoms with Crippen molar-refractivity contribution in [3.63, 3.8) is 0 Å². The molecule has 18 heavy (non-hydrogen) atoms. The van der Waals surface area contributed by atoms with Gasteiger partial charge in [-0.3, -0.25) is 9.80 Å². The van der Waals surface area contributed by atoms with Crippen molar-refractivity contribution in [2.24, 2.45) is 5.73 Å². The molecule has 0 aliphatic carbocycles. The van der Waals surface area contributed by atoms with E-state index in [0.29, 0.717) is 18.1 Å². The van der Waals surface area contributed by atoms with E-state index in [2.05, 4.69) is 16.7 Å². The zero-order chi connectivity index (χ0) is 12.5. The van der Waals surface area contributed by atoms with E-state index < -0.39 is 0 Å². The first-order chi connectivity index (χ1) is 8.75. The highest BCUT2D eigenvalue weighted by Gasteiger charge is 2.38. The average molecular weight is 253 g/mol. The SMILES string of the molecule is CC1CN2CCCCC2CN1C1COCCC1N. The van der Waals surface area contributed by atoms with Crippen molar-refractivity contribution in [2.45, 2.75) is 56.8 Å². The minimum Gasteiger partial charge on any atom is -0.380 e. The second-order valence-corrected chi connectivity index (χ2v) is 6.29. The molecule has 0 aromatic carbocycles. The number of piperazine rings is 1. The van der Waals surface area contributed by atoms with Crippen LogP contribution in [0.2, 0.25) is 0 Å². The van der Waals surface area contributed by atoms with Crippen LogP contribution in [0.15, 0.2) is 0 Å². The standard InChI is InChI=1S/C14H27N3O/c1-11-8-16-6-3-2-4-12(16)9-17(11)14-10-18-7-5-13(14)15/h11-14H,2-10,15H2,1H3. The van der Waals surface area contributed by atoms with Crippen molar-refractivity contribution in [2.75, 3.05) is 32.8 Å². The molecule has 3 rings (SSSR count). The largest absolute Gasteiger partial charge is 0.380 e. The fourth-order valence-electron chi connectivity index (χ4n) is 3.92. The highest BCUT2D eigenvalue weighted by Crippen LogP contribution is 2.27. The van der Waals surface area contributed by atoms with Crippen molar-refractivity contribution in [3.05, 3.63) is 0 Å². The Bertz CT molecular complexity index is 286. The number of piperidine rings is 1. The number of hydrogen-bond donors (Lipinski definition) is 1. The molecule has 3 fully saturated rings. The van der Waals surface area contributed by atoms with Gasteiger partial charge < -0.3 is 10.5 Å². The van der Waals surface area contributed by atoms with E-state index in [1.54, 1.807) is 0 Å². The number of ether oxygens (including phenoxy) is 1. The number of fused-ring (bicyclic) bond motifs is 1. The predicted molar refractivity (Wildman–Crippen MR) is 72.6 cm³/mol. The molecule has 3 saturated heterocycles. The first-order valence-electron chi connectivity index (χ1n) is 7.59. The molecule has 4 nitrogen and oxygen atoms in total. The van der Waals surface area contributed by atoms with Crippen LogP contribution in [-0.4, -0.2) is 66.8 Å². The van der Waals surface area contributed by atoms with Crippen LogP contribution in [0.25, 0.3) is 0 Å². The molecule has 2 N–H and O–H groups in total. The molecule has 0 radical (unpaired) electrons. The van der Waals surface area contributed by atoms with Crippen LogP contribution in [0.1, 0.15) is 32.6 Å².